The molecule has 0 bridgehead atoms. The third-order valence-electron chi connectivity index (χ3n) is 3.92. The number of hydrogen-bond donors (Lipinski definition) is 1. The summed E-state index contributed by atoms with van der Waals surface area (Å²) in [7, 11) is 2.17. The van der Waals surface area contributed by atoms with Crippen LogP contribution >= 0.6 is 12.4 Å². The summed E-state index contributed by atoms with van der Waals surface area (Å²) in [5, 5.41) is 3.40. The van der Waals surface area contributed by atoms with Crippen molar-refractivity contribution >= 4 is 12.4 Å². The van der Waals surface area contributed by atoms with E-state index in [4.69, 9.17) is 4.42 Å². The van der Waals surface area contributed by atoms with Gasteiger partial charge in [0.15, 0.2) is 0 Å². The quantitative estimate of drug-likeness (QED) is 0.943. The van der Waals surface area contributed by atoms with Gasteiger partial charge >= 0.3 is 0 Å². The largest absolute Gasteiger partial charge is 0.444 e. The smallest absolute Gasteiger partial charge is 0.226 e. The Hall–Kier alpha value is -1.36. The van der Waals surface area contributed by atoms with Gasteiger partial charge in [0.2, 0.25) is 5.89 Å². The highest BCUT2D eigenvalue weighted by atomic mass is 35.5. The minimum atomic E-state index is 0. The lowest BCUT2D eigenvalue weighted by Gasteiger charge is -2.30. The summed E-state index contributed by atoms with van der Waals surface area (Å²) in [6.07, 6.45) is 4.19. The summed E-state index contributed by atoms with van der Waals surface area (Å²) < 4.78 is 5.59. The lowest BCUT2D eigenvalue weighted by molar-refractivity contribution is 0.190. The standard InChI is InChI=1S/C16H21N3O.ClH/c1-19(15-7-9-17-10-8-15)11-14-12-20-16(18-14)13-5-3-2-4-6-13;/h2-6,12,15,17H,7-11H2,1H3;1H. The minimum absolute atomic E-state index is 0. The van der Waals surface area contributed by atoms with E-state index in [2.05, 4.69) is 22.2 Å². The Labute approximate surface area is 132 Å². The topological polar surface area (TPSA) is 41.3 Å². The molecule has 1 fully saturated rings. The van der Waals surface area contributed by atoms with Gasteiger partial charge in [-0.15, -0.1) is 12.4 Å². The highest BCUT2D eigenvalue weighted by molar-refractivity contribution is 5.85. The maximum Gasteiger partial charge on any atom is 0.226 e. The maximum absolute atomic E-state index is 5.59. The van der Waals surface area contributed by atoms with Gasteiger partial charge in [0.1, 0.15) is 6.26 Å². The van der Waals surface area contributed by atoms with Crippen LogP contribution < -0.4 is 5.32 Å². The summed E-state index contributed by atoms with van der Waals surface area (Å²) in [5.74, 6) is 0.708. The van der Waals surface area contributed by atoms with Crippen molar-refractivity contribution in [2.45, 2.75) is 25.4 Å². The van der Waals surface area contributed by atoms with Crippen LogP contribution in [-0.2, 0) is 6.54 Å². The van der Waals surface area contributed by atoms with Crippen molar-refractivity contribution in [3.8, 4) is 11.5 Å². The molecule has 2 aromatic rings. The molecule has 114 valence electrons. The first-order chi connectivity index (χ1) is 9.83. The van der Waals surface area contributed by atoms with Gasteiger partial charge in [-0.3, -0.25) is 4.90 Å². The number of benzene rings is 1. The number of nitrogens with zero attached hydrogens (tertiary/aromatic N) is 2. The minimum Gasteiger partial charge on any atom is -0.444 e. The fourth-order valence-electron chi connectivity index (χ4n) is 2.72. The second-order valence-electron chi connectivity index (χ2n) is 5.41. The Bertz CT molecular complexity index is 537. The summed E-state index contributed by atoms with van der Waals surface area (Å²) in [4.78, 5) is 6.97. The Morgan fingerprint density at radius 2 is 1.95 bits per heavy atom. The first kappa shape index (κ1) is 16.0. The molecule has 1 aliphatic rings. The average Bonchev–Trinajstić information content (AvgIpc) is 2.97. The lowest BCUT2D eigenvalue weighted by atomic mass is 10.1. The molecule has 1 N–H and O–H groups in total. The molecule has 0 aliphatic carbocycles. The van der Waals surface area contributed by atoms with Gasteiger partial charge in [0.05, 0.1) is 5.69 Å². The van der Waals surface area contributed by atoms with Crippen molar-refractivity contribution in [1.29, 1.82) is 0 Å². The molecule has 0 amide bonds. The van der Waals surface area contributed by atoms with E-state index < -0.39 is 0 Å². The summed E-state index contributed by atoms with van der Waals surface area (Å²) in [6, 6.07) is 10.7. The van der Waals surface area contributed by atoms with Gasteiger partial charge in [-0.25, -0.2) is 4.98 Å². The van der Waals surface area contributed by atoms with E-state index >= 15 is 0 Å². The molecule has 1 saturated heterocycles. The second-order valence-corrected chi connectivity index (χ2v) is 5.41. The fraction of sp³-hybridized carbons (Fsp3) is 0.438. The van der Waals surface area contributed by atoms with E-state index in [-0.39, 0.29) is 12.4 Å². The first-order valence-electron chi connectivity index (χ1n) is 7.24. The molecule has 1 aliphatic heterocycles. The molecule has 1 aromatic carbocycles. The predicted octanol–water partition coefficient (Wildman–Crippen LogP) is 2.95. The monoisotopic (exact) mass is 307 g/mol. The van der Waals surface area contributed by atoms with E-state index in [9.17, 15) is 0 Å². The maximum atomic E-state index is 5.59. The Morgan fingerprint density at radius 1 is 1.24 bits per heavy atom. The van der Waals surface area contributed by atoms with Crippen LogP contribution in [0.2, 0.25) is 0 Å². The van der Waals surface area contributed by atoms with Crippen LogP contribution in [0.25, 0.3) is 11.5 Å². The number of piperidine rings is 1. The lowest BCUT2D eigenvalue weighted by Crippen LogP contribution is -2.40. The summed E-state index contributed by atoms with van der Waals surface area (Å²) in [5.41, 5.74) is 2.04. The van der Waals surface area contributed by atoms with Crippen molar-refractivity contribution < 1.29 is 4.42 Å². The molecule has 2 heterocycles. The van der Waals surface area contributed by atoms with Crippen molar-refractivity contribution in [2.75, 3.05) is 20.1 Å². The highest BCUT2D eigenvalue weighted by Crippen LogP contribution is 2.19. The van der Waals surface area contributed by atoms with E-state index in [1.165, 1.54) is 12.8 Å². The highest BCUT2D eigenvalue weighted by Gasteiger charge is 2.19. The van der Waals surface area contributed by atoms with Gasteiger partial charge in [0, 0.05) is 18.2 Å². The van der Waals surface area contributed by atoms with Crippen molar-refractivity contribution in [3.05, 3.63) is 42.3 Å². The molecule has 1 aromatic heterocycles. The van der Waals surface area contributed by atoms with Gasteiger partial charge in [0.25, 0.3) is 0 Å². The van der Waals surface area contributed by atoms with E-state index in [1.807, 2.05) is 30.3 Å². The van der Waals surface area contributed by atoms with Crippen LogP contribution in [0.1, 0.15) is 18.5 Å². The van der Waals surface area contributed by atoms with E-state index in [1.54, 1.807) is 6.26 Å². The average molecular weight is 308 g/mol. The van der Waals surface area contributed by atoms with Gasteiger partial charge in [-0.2, -0.15) is 0 Å². The number of halogens is 1. The molecule has 5 heteroatoms. The molecule has 3 rings (SSSR count). The Balaban J connectivity index is 0.00000161. The third kappa shape index (κ3) is 4.06. The Kier molecular flexibility index (Phi) is 5.79. The number of rotatable bonds is 4. The molecule has 21 heavy (non-hydrogen) atoms. The Morgan fingerprint density at radius 3 is 2.67 bits per heavy atom. The zero-order valence-electron chi connectivity index (χ0n) is 12.3. The SMILES string of the molecule is CN(Cc1coc(-c2ccccc2)n1)C1CCNCC1.Cl. The summed E-state index contributed by atoms with van der Waals surface area (Å²) >= 11 is 0. The second kappa shape index (κ2) is 7.59. The van der Waals surface area contributed by atoms with Crippen molar-refractivity contribution in [2.24, 2.45) is 0 Å². The predicted molar refractivity (Wildman–Crippen MR) is 86.5 cm³/mol. The first-order valence-corrected chi connectivity index (χ1v) is 7.24. The van der Waals surface area contributed by atoms with E-state index in [0.717, 1.165) is 30.9 Å². The zero-order chi connectivity index (χ0) is 13.8. The summed E-state index contributed by atoms with van der Waals surface area (Å²) in [6.45, 7) is 3.08. The van der Waals surface area contributed by atoms with Crippen LogP contribution in [-0.4, -0.2) is 36.1 Å². The molecular formula is C16H22ClN3O. The number of hydrogen-bond acceptors (Lipinski definition) is 4. The number of aromatic nitrogens is 1. The van der Waals surface area contributed by atoms with E-state index in [0.29, 0.717) is 11.9 Å². The van der Waals surface area contributed by atoms with Crippen LogP contribution in [0.5, 0.6) is 0 Å². The van der Waals surface area contributed by atoms with Crippen molar-refractivity contribution in [3.63, 3.8) is 0 Å². The molecular weight excluding hydrogens is 286 g/mol. The van der Waals surface area contributed by atoms with Gasteiger partial charge < -0.3 is 9.73 Å². The van der Waals surface area contributed by atoms with Gasteiger partial charge in [-0.05, 0) is 45.1 Å². The van der Waals surface area contributed by atoms with Crippen LogP contribution in [0, 0.1) is 0 Å². The molecule has 0 atom stereocenters. The molecule has 0 unspecified atom stereocenters. The molecule has 0 spiro atoms. The van der Waals surface area contributed by atoms with Crippen molar-refractivity contribution in [1.82, 2.24) is 15.2 Å². The number of nitrogens with one attached hydrogen (secondary N) is 1. The fourth-order valence-corrected chi connectivity index (χ4v) is 2.72. The molecule has 4 nitrogen and oxygen atoms in total. The van der Waals surface area contributed by atoms with Crippen LogP contribution in [0.15, 0.2) is 41.0 Å². The normalized spacial score (nSPS) is 15.9. The molecule has 0 radical (unpaired) electrons. The number of oxazole rings is 1. The van der Waals surface area contributed by atoms with Gasteiger partial charge in [-0.1, -0.05) is 18.2 Å². The third-order valence-corrected chi connectivity index (χ3v) is 3.92. The van der Waals surface area contributed by atoms with Crippen LogP contribution in [0.4, 0.5) is 0 Å². The molecule has 0 saturated carbocycles. The van der Waals surface area contributed by atoms with Crippen LogP contribution in [0.3, 0.4) is 0 Å². The zero-order valence-corrected chi connectivity index (χ0v) is 13.1.